The molecule has 0 fully saturated rings. The molecule has 76 valence electrons. The highest BCUT2D eigenvalue weighted by Crippen LogP contribution is 2.37. The van der Waals surface area contributed by atoms with E-state index < -0.39 is 18.8 Å². The minimum absolute atomic E-state index is 0. The van der Waals surface area contributed by atoms with Gasteiger partial charge in [0.1, 0.15) is 0 Å². The molecule has 0 radical (unpaired) electrons. The van der Waals surface area contributed by atoms with Gasteiger partial charge in [-0.05, 0) is 36.0 Å². The second-order valence-electron chi connectivity index (χ2n) is 2.91. The van der Waals surface area contributed by atoms with E-state index in [1.165, 1.54) is 12.1 Å². The van der Waals surface area contributed by atoms with Crippen molar-refractivity contribution >= 4 is 12.4 Å². The van der Waals surface area contributed by atoms with E-state index in [0.29, 0.717) is 11.5 Å². The molecule has 0 amide bonds. The summed E-state index contributed by atoms with van der Waals surface area (Å²) < 4.78 is 49.7. The van der Waals surface area contributed by atoms with Crippen molar-refractivity contribution < 1.29 is 16.3 Å². The van der Waals surface area contributed by atoms with Gasteiger partial charge in [-0.25, -0.2) is 0 Å². The second kappa shape index (κ2) is 3.33. The van der Waals surface area contributed by atoms with Crippen molar-refractivity contribution in [3.63, 3.8) is 0 Å². The zero-order valence-corrected chi connectivity index (χ0v) is 7.98. The van der Waals surface area contributed by atoms with Gasteiger partial charge in [-0.2, -0.15) is 0 Å². The predicted molar refractivity (Wildman–Crippen MR) is 55.2 cm³/mol. The Morgan fingerprint density at radius 2 is 1.79 bits per heavy atom. The Hall–Kier alpha value is -0.930. The third kappa shape index (κ3) is 1.33. The molecule has 0 saturated heterocycles. The molecule has 0 aromatic heterocycles. The molecular formula is C10H12ClNO2. The van der Waals surface area contributed by atoms with Gasteiger partial charge < -0.3 is 15.2 Å². The Morgan fingerprint density at radius 1 is 1.29 bits per heavy atom. The van der Waals surface area contributed by atoms with Crippen molar-refractivity contribution in [2.24, 2.45) is 5.73 Å². The van der Waals surface area contributed by atoms with Gasteiger partial charge in [-0.15, -0.1) is 12.4 Å². The van der Waals surface area contributed by atoms with Gasteiger partial charge in [0.05, 0.1) is 0 Å². The monoisotopic (exact) mass is 218 g/mol. The molecule has 0 bridgehead atoms. The number of benzene rings is 1. The zero-order valence-electron chi connectivity index (χ0n) is 12.2. The smallest absolute Gasteiger partial charge is 0.231 e. The van der Waals surface area contributed by atoms with Crippen LogP contribution in [0.3, 0.4) is 0 Å². The van der Waals surface area contributed by atoms with Crippen molar-refractivity contribution in [1.82, 2.24) is 0 Å². The topological polar surface area (TPSA) is 44.5 Å². The first-order valence-corrected chi connectivity index (χ1v) is 3.93. The Kier molecular flexibility index (Phi) is 1.25. The number of nitrogens with two attached hydrogens (primary N) is 1. The summed E-state index contributed by atoms with van der Waals surface area (Å²) in [6, 6.07) is 0.356. The molecule has 14 heavy (non-hydrogen) atoms. The molecule has 3 rings (SSSR count). The van der Waals surface area contributed by atoms with Gasteiger partial charge in [0.15, 0.2) is 11.5 Å². The largest absolute Gasteiger partial charge is 0.454 e. The lowest BCUT2D eigenvalue weighted by atomic mass is 10.1. The van der Waals surface area contributed by atoms with Crippen molar-refractivity contribution in [2.75, 3.05) is 6.79 Å². The van der Waals surface area contributed by atoms with Crippen molar-refractivity contribution in [3.8, 4) is 11.5 Å². The average molecular weight is 219 g/mol. The number of hydrogen-bond donors (Lipinski definition) is 1. The number of ether oxygens (including phenoxy) is 2. The maximum absolute atomic E-state index is 7.91. The molecule has 1 heterocycles. The van der Waals surface area contributed by atoms with Crippen LogP contribution in [-0.2, 0) is 12.7 Å². The van der Waals surface area contributed by atoms with Crippen LogP contribution in [0.15, 0.2) is 12.1 Å². The Balaban J connectivity index is 0.00000133. The first kappa shape index (κ1) is 5.24. The third-order valence-electron chi connectivity index (χ3n) is 2.05. The maximum atomic E-state index is 7.91. The molecule has 1 aromatic carbocycles. The lowest BCUT2D eigenvalue weighted by molar-refractivity contribution is 0.174. The van der Waals surface area contributed by atoms with Gasteiger partial charge >= 0.3 is 0 Å². The quantitative estimate of drug-likeness (QED) is 0.713. The summed E-state index contributed by atoms with van der Waals surface area (Å²) in [5.74, 6) is 0.706. The van der Waals surface area contributed by atoms with E-state index in [0.717, 1.165) is 0 Å². The summed E-state index contributed by atoms with van der Waals surface area (Å²) in [5.41, 5.74) is 5.68. The molecule has 2 N–H and O–H groups in total. The molecule has 0 unspecified atom stereocenters. The van der Waals surface area contributed by atoms with Crippen LogP contribution < -0.4 is 15.2 Å². The summed E-state index contributed by atoms with van der Waals surface area (Å²) in [7, 11) is 0. The summed E-state index contributed by atoms with van der Waals surface area (Å²) in [6.07, 6.45) is -4.60. The molecule has 2 aliphatic rings. The molecule has 0 saturated carbocycles. The number of fused-ring (bicyclic) bond motifs is 2. The van der Waals surface area contributed by atoms with Crippen LogP contribution in [0.5, 0.6) is 11.5 Å². The Morgan fingerprint density at radius 3 is 2.29 bits per heavy atom. The lowest BCUT2D eigenvalue weighted by Gasteiger charge is -2.00. The van der Waals surface area contributed by atoms with Gasteiger partial charge in [0, 0.05) is 12.9 Å². The minimum Gasteiger partial charge on any atom is -0.454 e. The molecule has 3 nitrogen and oxygen atoms in total. The van der Waals surface area contributed by atoms with Crippen LogP contribution in [0.1, 0.15) is 18.0 Å². The fraction of sp³-hybridized carbons (Fsp3) is 0.400. The van der Waals surface area contributed by atoms with E-state index in [-0.39, 0.29) is 30.3 Å². The van der Waals surface area contributed by atoms with Crippen LogP contribution in [0.25, 0.3) is 0 Å². The van der Waals surface area contributed by atoms with Crippen LogP contribution in [-0.4, -0.2) is 12.8 Å². The predicted octanol–water partition coefficient (Wildman–Crippen LogP) is 1.26. The summed E-state index contributed by atoms with van der Waals surface area (Å²) in [6.45, 7) is 0.0267. The van der Waals surface area contributed by atoms with E-state index in [9.17, 15) is 0 Å². The summed E-state index contributed by atoms with van der Waals surface area (Å²) >= 11 is 0. The molecule has 0 spiro atoms. The van der Waals surface area contributed by atoms with Crippen LogP contribution in [0, 0.1) is 0 Å². The number of rotatable bonds is 0. The molecule has 0 atom stereocenters. The van der Waals surface area contributed by atoms with Crippen molar-refractivity contribution in [1.29, 1.82) is 0 Å². The number of hydrogen-bond acceptors (Lipinski definition) is 3. The molecule has 1 aromatic rings. The fourth-order valence-electron chi connectivity index (χ4n) is 1.47. The highest BCUT2D eigenvalue weighted by atomic mass is 35.5. The van der Waals surface area contributed by atoms with Crippen molar-refractivity contribution in [2.45, 2.75) is 18.8 Å². The minimum atomic E-state index is -2.39. The van der Waals surface area contributed by atoms with Gasteiger partial charge in [-0.1, -0.05) is 0 Å². The fourth-order valence-corrected chi connectivity index (χ4v) is 1.47. The molecule has 1 aliphatic carbocycles. The third-order valence-corrected chi connectivity index (χ3v) is 2.05. The van der Waals surface area contributed by atoms with Crippen LogP contribution in [0.2, 0.25) is 0 Å². The van der Waals surface area contributed by atoms with E-state index in [4.69, 9.17) is 22.1 Å². The number of halogens is 1. The summed E-state index contributed by atoms with van der Waals surface area (Å²) in [5, 5.41) is 0. The van der Waals surface area contributed by atoms with Crippen LogP contribution in [0.4, 0.5) is 0 Å². The lowest BCUT2D eigenvalue weighted by Crippen LogP contribution is -2.19. The SMILES string of the molecule is Cl.[2H]C1([2H])c2cc3c(cc2C([2H])([2H])C1([2H])N)OCO3. The normalized spacial score (nSPS) is 32.5. The van der Waals surface area contributed by atoms with E-state index in [1.807, 2.05) is 0 Å². The van der Waals surface area contributed by atoms with Crippen LogP contribution >= 0.6 is 12.4 Å². The first-order chi connectivity index (χ1) is 8.19. The Bertz CT molecular complexity index is 504. The van der Waals surface area contributed by atoms with Gasteiger partial charge in [-0.3, -0.25) is 0 Å². The summed E-state index contributed by atoms with van der Waals surface area (Å²) in [4.78, 5) is 0. The van der Waals surface area contributed by atoms with E-state index in [1.54, 1.807) is 0 Å². The molecule has 4 heteroatoms. The standard InChI is InChI=1S/C10H11NO2.ClH/c11-8-1-6-3-9-10(13-5-12-9)4-7(6)2-8;/h3-4,8H,1-2,5,11H2;1H/i1D2,2D2,8D;. The maximum Gasteiger partial charge on any atom is 0.231 e. The molecular weight excluding hydrogens is 202 g/mol. The first-order valence-electron chi connectivity index (χ1n) is 6.43. The van der Waals surface area contributed by atoms with Crippen molar-refractivity contribution in [3.05, 3.63) is 23.3 Å². The van der Waals surface area contributed by atoms with Gasteiger partial charge in [0.25, 0.3) is 0 Å². The average Bonchev–Trinajstić information content (AvgIpc) is 2.76. The highest BCUT2D eigenvalue weighted by molar-refractivity contribution is 5.85. The van der Waals surface area contributed by atoms with E-state index in [2.05, 4.69) is 0 Å². The second-order valence-corrected chi connectivity index (χ2v) is 2.91. The molecule has 1 aliphatic heterocycles. The van der Waals surface area contributed by atoms with Gasteiger partial charge in [0.2, 0.25) is 6.79 Å². The highest BCUT2D eigenvalue weighted by Gasteiger charge is 2.23. The zero-order chi connectivity index (χ0) is 13.3. The Labute approximate surface area is 95.6 Å². The van der Waals surface area contributed by atoms with E-state index >= 15 is 0 Å².